The van der Waals surface area contributed by atoms with Gasteiger partial charge in [0.25, 0.3) is 0 Å². The van der Waals surface area contributed by atoms with E-state index >= 15 is 0 Å². The number of rotatable bonds is 6. The van der Waals surface area contributed by atoms with Gasteiger partial charge in [0.15, 0.2) is 11.5 Å². The van der Waals surface area contributed by atoms with Crippen LogP contribution in [0.25, 0.3) is 0 Å². The van der Waals surface area contributed by atoms with Gasteiger partial charge in [-0.3, -0.25) is 5.01 Å². The van der Waals surface area contributed by atoms with Crippen LogP contribution in [0.4, 0.5) is 5.69 Å². The molecule has 2 aromatic carbocycles. The van der Waals surface area contributed by atoms with Gasteiger partial charge in [-0.25, -0.2) is 0 Å². The topological polar surface area (TPSA) is 46.5 Å². The molecule has 144 valence electrons. The predicted molar refractivity (Wildman–Crippen MR) is 109 cm³/mol. The number of benzene rings is 2. The number of anilines is 1. The maximum absolute atomic E-state index is 5.97. The van der Waals surface area contributed by atoms with Crippen LogP contribution in [0, 0.1) is 0 Å². The van der Waals surface area contributed by atoms with Crippen molar-refractivity contribution in [1.82, 2.24) is 5.01 Å². The molecule has 1 saturated heterocycles. The monoisotopic (exact) mass is 389 g/mol. The van der Waals surface area contributed by atoms with Gasteiger partial charge in [0, 0.05) is 35.4 Å². The van der Waals surface area contributed by atoms with Crippen LogP contribution >= 0.6 is 11.6 Å². The van der Waals surface area contributed by atoms with E-state index in [1.807, 2.05) is 18.2 Å². The summed E-state index contributed by atoms with van der Waals surface area (Å²) in [6, 6.07) is 11.6. The van der Waals surface area contributed by atoms with Crippen molar-refractivity contribution in [3.05, 3.63) is 47.0 Å². The minimum atomic E-state index is 0.628. The Balaban J connectivity index is 1.66. The van der Waals surface area contributed by atoms with Crippen molar-refractivity contribution in [3.8, 4) is 17.2 Å². The van der Waals surface area contributed by atoms with Crippen LogP contribution in [-0.4, -0.2) is 58.7 Å². The van der Waals surface area contributed by atoms with E-state index in [0.29, 0.717) is 17.2 Å². The van der Waals surface area contributed by atoms with Gasteiger partial charge in [0.2, 0.25) is 0 Å². The summed E-state index contributed by atoms with van der Waals surface area (Å²) in [6.07, 6.45) is 1.80. The summed E-state index contributed by atoms with van der Waals surface area (Å²) in [5.74, 6) is 1.96. The van der Waals surface area contributed by atoms with E-state index in [9.17, 15) is 0 Å². The average Bonchev–Trinajstić information content (AvgIpc) is 2.72. The molecule has 7 heteroatoms. The number of nitrogens with zero attached hydrogens (tertiary/aromatic N) is 3. The number of hydrazone groups is 1. The molecule has 0 aliphatic carbocycles. The second-order valence-corrected chi connectivity index (χ2v) is 6.55. The van der Waals surface area contributed by atoms with Gasteiger partial charge in [-0.05, 0) is 30.3 Å². The molecule has 0 N–H and O–H groups in total. The Morgan fingerprint density at radius 2 is 1.44 bits per heavy atom. The minimum absolute atomic E-state index is 0.628. The molecule has 0 radical (unpaired) electrons. The summed E-state index contributed by atoms with van der Waals surface area (Å²) < 4.78 is 16.1. The third-order valence-corrected chi connectivity index (χ3v) is 4.80. The molecule has 1 aliphatic heterocycles. The molecule has 1 aliphatic rings. The zero-order valence-corrected chi connectivity index (χ0v) is 16.6. The van der Waals surface area contributed by atoms with E-state index in [1.165, 1.54) is 5.69 Å². The molecular formula is C20H24ClN3O3. The van der Waals surface area contributed by atoms with Gasteiger partial charge < -0.3 is 19.1 Å². The Morgan fingerprint density at radius 3 is 2.04 bits per heavy atom. The van der Waals surface area contributed by atoms with Gasteiger partial charge in [-0.1, -0.05) is 11.6 Å². The van der Waals surface area contributed by atoms with Crippen molar-refractivity contribution in [2.24, 2.45) is 5.10 Å². The van der Waals surface area contributed by atoms with E-state index in [0.717, 1.165) is 36.8 Å². The van der Waals surface area contributed by atoms with Gasteiger partial charge in [0.05, 0.1) is 40.6 Å². The number of hydrogen-bond acceptors (Lipinski definition) is 6. The van der Waals surface area contributed by atoms with Gasteiger partial charge in [-0.2, -0.15) is 5.10 Å². The second kappa shape index (κ2) is 8.86. The molecule has 0 aromatic heterocycles. The van der Waals surface area contributed by atoms with E-state index in [2.05, 4.69) is 27.1 Å². The molecule has 27 heavy (non-hydrogen) atoms. The third kappa shape index (κ3) is 4.57. The first-order chi connectivity index (χ1) is 13.1. The van der Waals surface area contributed by atoms with E-state index in [4.69, 9.17) is 25.8 Å². The zero-order chi connectivity index (χ0) is 19.2. The molecule has 0 atom stereocenters. The van der Waals surface area contributed by atoms with Crippen molar-refractivity contribution in [2.75, 3.05) is 52.4 Å². The smallest absolute Gasteiger partial charge is 0.164 e. The first-order valence-electron chi connectivity index (χ1n) is 8.74. The number of hydrogen-bond donors (Lipinski definition) is 0. The lowest BCUT2D eigenvalue weighted by atomic mass is 10.2. The van der Waals surface area contributed by atoms with Gasteiger partial charge in [0.1, 0.15) is 5.75 Å². The molecule has 1 heterocycles. The first-order valence-corrected chi connectivity index (χ1v) is 9.12. The Morgan fingerprint density at radius 1 is 0.852 bits per heavy atom. The highest BCUT2D eigenvalue weighted by Crippen LogP contribution is 2.33. The van der Waals surface area contributed by atoms with Crippen molar-refractivity contribution in [3.63, 3.8) is 0 Å². The number of halogens is 1. The van der Waals surface area contributed by atoms with Crippen molar-refractivity contribution in [1.29, 1.82) is 0 Å². The minimum Gasteiger partial charge on any atom is -0.496 e. The summed E-state index contributed by atoms with van der Waals surface area (Å²) >= 11 is 5.97. The summed E-state index contributed by atoms with van der Waals surface area (Å²) in [7, 11) is 4.84. The van der Waals surface area contributed by atoms with Crippen LogP contribution in [-0.2, 0) is 0 Å². The van der Waals surface area contributed by atoms with E-state index in [1.54, 1.807) is 33.6 Å². The van der Waals surface area contributed by atoms with Crippen LogP contribution in [0.3, 0.4) is 0 Å². The lowest BCUT2D eigenvalue weighted by Crippen LogP contribution is -2.44. The van der Waals surface area contributed by atoms with Crippen molar-refractivity contribution in [2.45, 2.75) is 0 Å². The van der Waals surface area contributed by atoms with E-state index in [-0.39, 0.29) is 0 Å². The molecule has 2 aromatic rings. The molecule has 0 spiro atoms. The summed E-state index contributed by atoms with van der Waals surface area (Å²) in [4.78, 5) is 2.33. The van der Waals surface area contributed by atoms with Crippen LogP contribution < -0.4 is 19.1 Å². The van der Waals surface area contributed by atoms with E-state index < -0.39 is 0 Å². The number of methoxy groups -OCH3 is 3. The molecular weight excluding hydrogens is 366 g/mol. The fourth-order valence-corrected chi connectivity index (χ4v) is 3.15. The Labute approximate surface area is 164 Å². The second-order valence-electron chi connectivity index (χ2n) is 6.11. The molecule has 0 saturated carbocycles. The summed E-state index contributed by atoms with van der Waals surface area (Å²) in [5, 5.41) is 7.43. The van der Waals surface area contributed by atoms with Gasteiger partial charge in [-0.15, -0.1) is 0 Å². The zero-order valence-electron chi connectivity index (χ0n) is 15.8. The van der Waals surface area contributed by atoms with Gasteiger partial charge >= 0.3 is 0 Å². The Kier molecular flexibility index (Phi) is 6.29. The maximum atomic E-state index is 5.97. The normalized spacial score (nSPS) is 14.5. The number of ether oxygens (including phenoxy) is 3. The van der Waals surface area contributed by atoms with Crippen LogP contribution in [0.1, 0.15) is 5.56 Å². The van der Waals surface area contributed by atoms with Crippen LogP contribution in [0.15, 0.2) is 41.5 Å². The summed E-state index contributed by atoms with van der Waals surface area (Å²) in [6.45, 7) is 3.49. The highest BCUT2D eigenvalue weighted by atomic mass is 35.5. The van der Waals surface area contributed by atoms with Crippen LogP contribution in [0.2, 0.25) is 5.02 Å². The predicted octanol–water partition coefficient (Wildman–Crippen LogP) is 3.52. The molecule has 3 rings (SSSR count). The quantitative estimate of drug-likeness (QED) is 0.707. The lowest BCUT2D eigenvalue weighted by Gasteiger charge is -2.34. The lowest BCUT2D eigenvalue weighted by molar-refractivity contribution is 0.272. The van der Waals surface area contributed by atoms with Crippen molar-refractivity contribution >= 4 is 23.5 Å². The Bertz CT molecular complexity index is 788. The first kappa shape index (κ1) is 19.2. The SMILES string of the molecule is COc1cc(OC)c(OC)cc1C=NN1CCN(c2ccc(Cl)cc2)CC1. The molecule has 0 bridgehead atoms. The fraction of sp³-hybridized carbons (Fsp3) is 0.350. The molecule has 0 amide bonds. The highest BCUT2D eigenvalue weighted by molar-refractivity contribution is 6.30. The Hall–Kier alpha value is -2.60. The highest BCUT2D eigenvalue weighted by Gasteiger charge is 2.16. The summed E-state index contributed by atoms with van der Waals surface area (Å²) in [5.41, 5.74) is 2.03. The van der Waals surface area contributed by atoms with Crippen molar-refractivity contribution < 1.29 is 14.2 Å². The maximum Gasteiger partial charge on any atom is 0.164 e. The average molecular weight is 390 g/mol. The molecule has 1 fully saturated rings. The third-order valence-electron chi connectivity index (χ3n) is 4.54. The largest absolute Gasteiger partial charge is 0.496 e. The standard InChI is InChI=1S/C20H24ClN3O3/c1-25-18-13-20(27-3)19(26-2)12-15(18)14-22-24-10-8-23(9-11-24)17-6-4-16(21)5-7-17/h4-7,12-14H,8-11H2,1-3H3. The molecule has 0 unspecified atom stereocenters. The fourth-order valence-electron chi connectivity index (χ4n) is 3.02. The number of piperazine rings is 1. The van der Waals surface area contributed by atoms with Crippen LogP contribution in [0.5, 0.6) is 17.2 Å². The molecule has 6 nitrogen and oxygen atoms in total.